The monoisotopic (exact) mass is 398 g/mol. The van der Waals surface area contributed by atoms with Crippen LogP contribution in [0.4, 0.5) is 11.4 Å². The van der Waals surface area contributed by atoms with Gasteiger partial charge in [-0.3, -0.25) is 9.59 Å². The SMILES string of the molecule is Cc1ccc(CNC(=O)c2ccccc2NCC(=O)Nc2cccc(C#N)c2)cc1. The van der Waals surface area contributed by atoms with Gasteiger partial charge in [-0.15, -0.1) is 0 Å². The van der Waals surface area contributed by atoms with Gasteiger partial charge in [0.1, 0.15) is 0 Å². The van der Waals surface area contributed by atoms with Gasteiger partial charge < -0.3 is 16.0 Å². The van der Waals surface area contributed by atoms with E-state index in [1.54, 1.807) is 48.5 Å². The van der Waals surface area contributed by atoms with Crippen LogP contribution in [0.1, 0.15) is 27.0 Å². The first kappa shape index (κ1) is 20.6. The number of rotatable bonds is 7. The molecule has 30 heavy (non-hydrogen) atoms. The maximum absolute atomic E-state index is 12.6. The maximum Gasteiger partial charge on any atom is 0.253 e. The normalized spacial score (nSPS) is 10.0. The third-order valence-corrected chi connectivity index (χ3v) is 4.46. The first-order chi connectivity index (χ1) is 14.5. The fraction of sp³-hybridized carbons (Fsp3) is 0.125. The molecule has 0 bridgehead atoms. The van der Waals surface area contributed by atoms with Crippen LogP contribution in [-0.2, 0) is 11.3 Å². The van der Waals surface area contributed by atoms with E-state index in [4.69, 9.17) is 5.26 Å². The molecule has 3 aromatic carbocycles. The summed E-state index contributed by atoms with van der Waals surface area (Å²) in [6, 6.07) is 23.7. The Morgan fingerprint density at radius 2 is 1.73 bits per heavy atom. The summed E-state index contributed by atoms with van der Waals surface area (Å²) in [5, 5.41) is 17.6. The van der Waals surface area contributed by atoms with Crippen LogP contribution in [0.5, 0.6) is 0 Å². The van der Waals surface area contributed by atoms with Crippen molar-refractivity contribution in [3.63, 3.8) is 0 Å². The van der Waals surface area contributed by atoms with E-state index in [1.165, 1.54) is 0 Å². The second-order valence-corrected chi connectivity index (χ2v) is 6.81. The van der Waals surface area contributed by atoms with E-state index in [2.05, 4.69) is 16.0 Å². The lowest BCUT2D eigenvalue weighted by molar-refractivity contribution is -0.114. The van der Waals surface area contributed by atoms with E-state index >= 15 is 0 Å². The highest BCUT2D eigenvalue weighted by molar-refractivity contribution is 6.00. The predicted molar refractivity (Wildman–Crippen MR) is 117 cm³/mol. The van der Waals surface area contributed by atoms with Gasteiger partial charge in [-0.05, 0) is 42.8 Å². The molecule has 6 heteroatoms. The number of para-hydroxylation sites is 1. The first-order valence-corrected chi connectivity index (χ1v) is 9.52. The van der Waals surface area contributed by atoms with Crippen molar-refractivity contribution in [3.05, 3.63) is 95.1 Å². The summed E-state index contributed by atoms with van der Waals surface area (Å²) in [5.74, 6) is -0.499. The predicted octanol–water partition coefficient (Wildman–Crippen LogP) is 3.85. The van der Waals surface area contributed by atoms with E-state index in [1.807, 2.05) is 37.3 Å². The largest absolute Gasteiger partial charge is 0.376 e. The summed E-state index contributed by atoms with van der Waals surface area (Å²) in [4.78, 5) is 24.9. The molecule has 0 heterocycles. The number of nitrogens with one attached hydrogen (secondary N) is 3. The second kappa shape index (κ2) is 9.89. The molecule has 6 nitrogen and oxygen atoms in total. The van der Waals surface area contributed by atoms with Crippen LogP contribution >= 0.6 is 0 Å². The summed E-state index contributed by atoms with van der Waals surface area (Å²) >= 11 is 0. The number of hydrogen-bond donors (Lipinski definition) is 3. The van der Waals surface area contributed by atoms with Gasteiger partial charge in [0.25, 0.3) is 5.91 Å². The van der Waals surface area contributed by atoms with Crippen molar-refractivity contribution in [2.24, 2.45) is 0 Å². The number of amides is 2. The molecule has 0 spiro atoms. The Labute approximate surface area is 175 Å². The molecular weight excluding hydrogens is 376 g/mol. The smallest absolute Gasteiger partial charge is 0.253 e. The summed E-state index contributed by atoms with van der Waals surface area (Å²) in [7, 11) is 0. The van der Waals surface area contributed by atoms with Crippen LogP contribution < -0.4 is 16.0 Å². The van der Waals surface area contributed by atoms with Gasteiger partial charge in [-0.25, -0.2) is 0 Å². The molecule has 0 radical (unpaired) electrons. The lowest BCUT2D eigenvalue weighted by Crippen LogP contribution is -2.26. The molecule has 0 saturated heterocycles. The summed E-state index contributed by atoms with van der Waals surface area (Å²) in [6.45, 7) is 2.42. The lowest BCUT2D eigenvalue weighted by Gasteiger charge is -2.13. The Kier molecular flexibility index (Phi) is 6.80. The minimum atomic E-state index is -0.278. The Balaban J connectivity index is 1.59. The van der Waals surface area contributed by atoms with Gasteiger partial charge in [-0.1, -0.05) is 48.0 Å². The number of carbonyl (C=O) groups is 2. The van der Waals surface area contributed by atoms with Crippen LogP contribution in [0.2, 0.25) is 0 Å². The number of aryl methyl sites for hydroxylation is 1. The summed E-state index contributed by atoms with van der Waals surface area (Å²) < 4.78 is 0. The molecule has 3 rings (SSSR count). The molecule has 0 fully saturated rings. The second-order valence-electron chi connectivity index (χ2n) is 6.81. The number of anilines is 2. The lowest BCUT2D eigenvalue weighted by atomic mass is 10.1. The third-order valence-electron chi connectivity index (χ3n) is 4.46. The molecule has 0 aliphatic carbocycles. The Hall–Kier alpha value is -4.11. The van der Waals surface area contributed by atoms with E-state index < -0.39 is 0 Å². The van der Waals surface area contributed by atoms with E-state index in [-0.39, 0.29) is 18.4 Å². The van der Waals surface area contributed by atoms with Crippen LogP contribution in [0.25, 0.3) is 0 Å². The molecule has 0 saturated carbocycles. The van der Waals surface area contributed by atoms with E-state index in [0.29, 0.717) is 29.0 Å². The Morgan fingerprint density at radius 3 is 2.50 bits per heavy atom. The molecule has 0 atom stereocenters. The fourth-order valence-corrected chi connectivity index (χ4v) is 2.87. The molecular formula is C24H22N4O2. The minimum Gasteiger partial charge on any atom is -0.376 e. The van der Waals surface area contributed by atoms with Crippen LogP contribution in [0.15, 0.2) is 72.8 Å². The third kappa shape index (κ3) is 5.69. The molecule has 3 aromatic rings. The maximum atomic E-state index is 12.6. The standard InChI is InChI=1S/C24H22N4O2/c1-17-9-11-18(12-10-17)15-27-24(30)21-7-2-3-8-22(21)26-16-23(29)28-20-6-4-5-19(13-20)14-25/h2-13,26H,15-16H2,1H3,(H,27,30)(H,28,29). The molecule has 2 amide bonds. The van der Waals surface area contributed by atoms with Gasteiger partial charge >= 0.3 is 0 Å². The van der Waals surface area contributed by atoms with Gasteiger partial charge in [0, 0.05) is 17.9 Å². The summed E-state index contributed by atoms with van der Waals surface area (Å²) in [6.07, 6.45) is 0. The van der Waals surface area contributed by atoms with Gasteiger partial charge in [-0.2, -0.15) is 5.26 Å². The van der Waals surface area contributed by atoms with Crippen LogP contribution in [0.3, 0.4) is 0 Å². The zero-order valence-electron chi connectivity index (χ0n) is 16.6. The van der Waals surface area contributed by atoms with Crippen molar-refractivity contribution in [2.75, 3.05) is 17.2 Å². The summed E-state index contributed by atoms with van der Waals surface area (Å²) in [5.41, 5.74) is 4.22. The Bertz CT molecular complexity index is 1080. The zero-order chi connectivity index (χ0) is 21.3. The van der Waals surface area contributed by atoms with Crippen molar-refractivity contribution in [1.82, 2.24) is 5.32 Å². The average Bonchev–Trinajstić information content (AvgIpc) is 2.77. The van der Waals surface area contributed by atoms with Crippen molar-refractivity contribution in [3.8, 4) is 6.07 Å². The number of carbonyl (C=O) groups excluding carboxylic acids is 2. The minimum absolute atomic E-state index is 0.0148. The quantitative estimate of drug-likeness (QED) is 0.563. The number of nitrogens with zero attached hydrogens (tertiary/aromatic N) is 1. The highest BCUT2D eigenvalue weighted by atomic mass is 16.2. The molecule has 0 unspecified atom stereocenters. The number of hydrogen-bond acceptors (Lipinski definition) is 4. The molecule has 0 aliphatic heterocycles. The molecule has 3 N–H and O–H groups in total. The van der Waals surface area contributed by atoms with E-state index in [9.17, 15) is 9.59 Å². The van der Waals surface area contributed by atoms with E-state index in [0.717, 1.165) is 11.1 Å². The van der Waals surface area contributed by atoms with Crippen molar-refractivity contribution in [2.45, 2.75) is 13.5 Å². The van der Waals surface area contributed by atoms with Gasteiger partial charge in [0.05, 0.1) is 23.7 Å². The highest BCUT2D eigenvalue weighted by Crippen LogP contribution is 2.15. The molecule has 0 aromatic heterocycles. The van der Waals surface area contributed by atoms with Gasteiger partial charge in [0.2, 0.25) is 5.91 Å². The zero-order valence-corrected chi connectivity index (χ0v) is 16.6. The fourth-order valence-electron chi connectivity index (χ4n) is 2.87. The highest BCUT2D eigenvalue weighted by Gasteiger charge is 2.12. The Morgan fingerprint density at radius 1 is 0.967 bits per heavy atom. The average molecular weight is 398 g/mol. The number of nitriles is 1. The first-order valence-electron chi connectivity index (χ1n) is 9.52. The van der Waals surface area contributed by atoms with Crippen molar-refractivity contribution in [1.29, 1.82) is 5.26 Å². The van der Waals surface area contributed by atoms with Crippen molar-refractivity contribution >= 4 is 23.2 Å². The van der Waals surface area contributed by atoms with Gasteiger partial charge in [0.15, 0.2) is 0 Å². The van der Waals surface area contributed by atoms with Crippen molar-refractivity contribution < 1.29 is 9.59 Å². The topological polar surface area (TPSA) is 94.0 Å². The van der Waals surface area contributed by atoms with Crippen LogP contribution in [0, 0.1) is 18.3 Å². The van der Waals surface area contributed by atoms with Crippen LogP contribution in [-0.4, -0.2) is 18.4 Å². The molecule has 150 valence electrons. The molecule has 0 aliphatic rings. The number of benzene rings is 3.